The van der Waals surface area contributed by atoms with Crippen LogP contribution in [0.2, 0.25) is 0 Å². The lowest BCUT2D eigenvalue weighted by molar-refractivity contribution is -0.190. The van der Waals surface area contributed by atoms with Crippen molar-refractivity contribution >= 4 is 0 Å². The average Bonchev–Trinajstić information content (AvgIpc) is 2.87. The molecular weight excluding hydrogens is 279 g/mol. The maximum atomic E-state index is 12.7. The van der Waals surface area contributed by atoms with E-state index in [1.54, 1.807) is 0 Å². The normalized spacial score (nSPS) is 14.9. The van der Waals surface area contributed by atoms with Crippen molar-refractivity contribution in [1.82, 2.24) is 20.3 Å². The zero-order valence-electron chi connectivity index (χ0n) is 10.5. The number of nitrogens with zero attached hydrogens (tertiary/aromatic N) is 4. The number of nitrogens with two attached hydrogens (primary N) is 1. The minimum absolute atomic E-state index is 0.138. The molecule has 0 saturated carbocycles. The highest BCUT2D eigenvalue weighted by Crippen LogP contribution is 2.35. The first-order chi connectivity index (χ1) is 9.25. The summed E-state index contributed by atoms with van der Waals surface area (Å²) in [4.78, 5) is 3.61. The van der Waals surface area contributed by atoms with Gasteiger partial charge >= 0.3 is 6.18 Å². The van der Waals surface area contributed by atoms with Gasteiger partial charge in [0.15, 0.2) is 5.54 Å². The smallest absolute Gasteiger partial charge is 0.415 e. The second-order valence-electron chi connectivity index (χ2n) is 4.08. The Kier molecular flexibility index (Phi) is 3.34. The van der Waals surface area contributed by atoms with Gasteiger partial charge in [0, 0.05) is 6.07 Å². The summed E-state index contributed by atoms with van der Waals surface area (Å²) in [6, 6.07) is 2.89. The molecule has 0 bridgehead atoms. The van der Waals surface area contributed by atoms with Gasteiger partial charge in [-0.3, -0.25) is 0 Å². The molecule has 108 valence electrons. The summed E-state index contributed by atoms with van der Waals surface area (Å²) in [7, 11) is 1.40. The van der Waals surface area contributed by atoms with Crippen LogP contribution in [0.3, 0.4) is 0 Å². The fraction of sp³-hybridized carbons (Fsp3) is 0.400. The first kappa shape index (κ1) is 14.2. The standard InChI is InChI=1S/C10H10F3N5O2/c1-9(14,10(11,12)13)8-15-7(18-20-8)5-3-4-6(19-2)17-16-5/h3-4H,14H2,1-2H3. The maximum Gasteiger partial charge on any atom is 0.415 e. The average molecular weight is 289 g/mol. The summed E-state index contributed by atoms with van der Waals surface area (Å²) in [6.45, 7) is 0.740. The molecule has 1 atom stereocenters. The third kappa shape index (κ3) is 2.41. The number of halogens is 3. The van der Waals surface area contributed by atoms with Gasteiger partial charge in [0.1, 0.15) is 5.69 Å². The number of aromatic nitrogens is 4. The predicted octanol–water partition coefficient (Wildman–Crippen LogP) is 1.27. The van der Waals surface area contributed by atoms with Crippen LogP contribution >= 0.6 is 0 Å². The molecule has 2 aromatic heterocycles. The third-order valence-electron chi connectivity index (χ3n) is 2.54. The summed E-state index contributed by atoms with van der Waals surface area (Å²) in [5.41, 5.74) is 2.57. The van der Waals surface area contributed by atoms with E-state index in [0.717, 1.165) is 6.92 Å². The molecule has 0 fully saturated rings. The molecule has 0 aromatic carbocycles. The second kappa shape index (κ2) is 4.71. The zero-order valence-corrected chi connectivity index (χ0v) is 10.5. The Morgan fingerprint density at radius 3 is 2.45 bits per heavy atom. The molecule has 0 radical (unpaired) electrons. The van der Waals surface area contributed by atoms with Crippen molar-refractivity contribution in [3.63, 3.8) is 0 Å². The van der Waals surface area contributed by atoms with E-state index in [0.29, 0.717) is 0 Å². The topological polar surface area (TPSA) is 100.0 Å². The maximum absolute atomic E-state index is 12.7. The van der Waals surface area contributed by atoms with Crippen molar-refractivity contribution in [2.45, 2.75) is 18.6 Å². The molecule has 0 spiro atoms. The Morgan fingerprint density at radius 1 is 1.25 bits per heavy atom. The summed E-state index contributed by atoms with van der Waals surface area (Å²) >= 11 is 0. The quantitative estimate of drug-likeness (QED) is 0.908. The molecule has 0 aliphatic heterocycles. The summed E-state index contributed by atoms with van der Waals surface area (Å²) in [6.07, 6.45) is -4.72. The minimum Gasteiger partial charge on any atom is -0.480 e. The highest BCUT2D eigenvalue weighted by atomic mass is 19.4. The summed E-state index contributed by atoms with van der Waals surface area (Å²) in [5, 5.41) is 10.8. The van der Waals surface area contributed by atoms with Gasteiger partial charge in [-0.05, 0) is 13.0 Å². The van der Waals surface area contributed by atoms with Crippen LogP contribution in [0.15, 0.2) is 16.7 Å². The van der Waals surface area contributed by atoms with Gasteiger partial charge in [-0.1, -0.05) is 5.16 Å². The Hall–Kier alpha value is -2.23. The zero-order chi connectivity index (χ0) is 15.0. The number of hydrogen-bond acceptors (Lipinski definition) is 7. The molecule has 2 rings (SSSR count). The van der Waals surface area contributed by atoms with E-state index in [-0.39, 0.29) is 17.4 Å². The van der Waals surface area contributed by atoms with E-state index < -0.39 is 17.6 Å². The predicted molar refractivity (Wildman–Crippen MR) is 59.5 cm³/mol. The van der Waals surface area contributed by atoms with Crippen LogP contribution in [-0.2, 0) is 5.54 Å². The molecular formula is C10H10F3N5O2. The molecule has 20 heavy (non-hydrogen) atoms. The van der Waals surface area contributed by atoms with Crippen molar-refractivity contribution in [2.24, 2.45) is 5.73 Å². The van der Waals surface area contributed by atoms with Crippen LogP contribution in [0.1, 0.15) is 12.8 Å². The number of alkyl halides is 3. The van der Waals surface area contributed by atoms with Gasteiger partial charge in [0.2, 0.25) is 11.7 Å². The lowest BCUT2D eigenvalue weighted by atomic mass is 10.0. The van der Waals surface area contributed by atoms with Crippen molar-refractivity contribution in [3.05, 3.63) is 18.0 Å². The van der Waals surface area contributed by atoms with E-state index in [1.165, 1.54) is 19.2 Å². The molecule has 0 aliphatic rings. The Balaban J connectivity index is 2.33. The Bertz CT molecular complexity index is 594. The molecule has 0 aliphatic carbocycles. The summed E-state index contributed by atoms with van der Waals surface area (Å²) in [5.74, 6) is -0.648. The Labute approximate surface area is 110 Å². The van der Waals surface area contributed by atoms with Crippen LogP contribution in [0.5, 0.6) is 5.88 Å². The molecule has 1 unspecified atom stereocenters. The van der Waals surface area contributed by atoms with E-state index in [1.807, 2.05) is 0 Å². The number of ether oxygens (including phenoxy) is 1. The van der Waals surface area contributed by atoms with Gasteiger partial charge in [-0.25, -0.2) is 0 Å². The highest BCUT2D eigenvalue weighted by molar-refractivity contribution is 5.47. The van der Waals surface area contributed by atoms with Gasteiger partial charge in [0.05, 0.1) is 7.11 Å². The number of rotatable bonds is 3. The van der Waals surface area contributed by atoms with E-state index >= 15 is 0 Å². The molecule has 2 aromatic rings. The van der Waals surface area contributed by atoms with E-state index in [4.69, 9.17) is 10.5 Å². The van der Waals surface area contributed by atoms with Gasteiger partial charge in [0.25, 0.3) is 5.89 Å². The van der Waals surface area contributed by atoms with Crippen molar-refractivity contribution < 1.29 is 22.4 Å². The molecule has 0 saturated heterocycles. The molecule has 2 heterocycles. The van der Waals surface area contributed by atoms with Gasteiger partial charge in [-0.2, -0.15) is 18.2 Å². The molecule has 0 amide bonds. The fourth-order valence-electron chi connectivity index (χ4n) is 1.21. The van der Waals surface area contributed by atoms with Gasteiger partial charge in [-0.15, -0.1) is 10.2 Å². The lowest BCUT2D eigenvalue weighted by Crippen LogP contribution is -2.47. The first-order valence-electron chi connectivity index (χ1n) is 5.33. The lowest BCUT2D eigenvalue weighted by Gasteiger charge is -2.22. The minimum atomic E-state index is -4.72. The molecule has 7 nitrogen and oxygen atoms in total. The fourth-order valence-corrected chi connectivity index (χ4v) is 1.21. The van der Waals surface area contributed by atoms with Crippen LogP contribution < -0.4 is 10.5 Å². The van der Waals surface area contributed by atoms with E-state index in [2.05, 4.69) is 24.9 Å². The third-order valence-corrected chi connectivity index (χ3v) is 2.54. The van der Waals surface area contributed by atoms with Crippen molar-refractivity contribution in [1.29, 1.82) is 0 Å². The Morgan fingerprint density at radius 2 is 1.95 bits per heavy atom. The van der Waals surface area contributed by atoms with Crippen LogP contribution in [0.4, 0.5) is 13.2 Å². The van der Waals surface area contributed by atoms with Crippen molar-refractivity contribution in [2.75, 3.05) is 7.11 Å². The van der Waals surface area contributed by atoms with Gasteiger partial charge < -0.3 is 15.0 Å². The second-order valence-corrected chi connectivity index (χ2v) is 4.08. The molecule has 2 N–H and O–H groups in total. The van der Waals surface area contributed by atoms with E-state index in [9.17, 15) is 13.2 Å². The van der Waals surface area contributed by atoms with Crippen LogP contribution in [0, 0.1) is 0 Å². The SMILES string of the molecule is COc1ccc(-c2noc(C(C)(N)C(F)(F)F)n2)nn1. The number of hydrogen-bond donors (Lipinski definition) is 1. The number of methoxy groups -OCH3 is 1. The van der Waals surface area contributed by atoms with Crippen LogP contribution in [0.25, 0.3) is 11.5 Å². The largest absolute Gasteiger partial charge is 0.480 e. The first-order valence-corrected chi connectivity index (χ1v) is 5.33. The van der Waals surface area contributed by atoms with Crippen molar-refractivity contribution in [3.8, 4) is 17.4 Å². The highest BCUT2D eigenvalue weighted by Gasteiger charge is 2.53. The monoisotopic (exact) mass is 289 g/mol. The molecule has 10 heteroatoms. The summed E-state index contributed by atoms with van der Waals surface area (Å²) < 4.78 is 47.6. The van der Waals surface area contributed by atoms with Crippen LogP contribution in [-0.4, -0.2) is 33.6 Å².